The van der Waals surface area contributed by atoms with E-state index in [0.717, 1.165) is 30.0 Å². The standard InChI is InChI=1S/C22H27N7O3S/c1-28(2)33(31,32)19-8-7-16(11-15(19)13-24)26-21-20-18(9-10-25-22(20)30)29(27-21)17-6-4-3-5-14(17)12-23/h7-11,14,17H,3-6,13,24H2,1-2H3,(H,25,30)(H,26,27). The van der Waals surface area contributed by atoms with E-state index in [1.54, 1.807) is 29.1 Å². The van der Waals surface area contributed by atoms with Gasteiger partial charge in [-0.2, -0.15) is 10.4 Å². The maximum absolute atomic E-state index is 12.7. The molecule has 33 heavy (non-hydrogen) atoms. The summed E-state index contributed by atoms with van der Waals surface area (Å²) in [5.74, 6) is 0.175. The van der Waals surface area contributed by atoms with Crippen LogP contribution in [-0.2, 0) is 16.6 Å². The van der Waals surface area contributed by atoms with Crippen molar-refractivity contribution in [3.63, 3.8) is 0 Å². The van der Waals surface area contributed by atoms with Crippen LogP contribution in [0.4, 0.5) is 11.5 Å². The summed E-state index contributed by atoms with van der Waals surface area (Å²) in [5.41, 5.74) is 7.20. The zero-order valence-corrected chi connectivity index (χ0v) is 19.4. The Morgan fingerprint density at radius 3 is 2.76 bits per heavy atom. The van der Waals surface area contributed by atoms with Crippen molar-refractivity contribution in [3.05, 3.63) is 46.4 Å². The summed E-state index contributed by atoms with van der Waals surface area (Å²) in [4.78, 5) is 15.5. The van der Waals surface area contributed by atoms with Crippen LogP contribution in [-0.4, -0.2) is 41.6 Å². The number of hydrogen-bond donors (Lipinski definition) is 3. The Morgan fingerprint density at radius 2 is 2.06 bits per heavy atom. The first-order valence-corrected chi connectivity index (χ1v) is 12.2. The van der Waals surface area contributed by atoms with Crippen LogP contribution >= 0.6 is 0 Å². The summed E-state index contributed by atoms with van der Waals surface area (Å²) < 4.78 is 28.1. The number of sulfonamides is 1. The molecule has 0 saturated heterocycles. The summed E-state index contributed by atoms with van der Waals surface area (Å²) >= 11 is 0. The van der Waals surface area contributed by atoms with E-state index in [1.807, 2.05) is 0 Å². The molecule has 0 amide bonds. The van der Waals surface area contributed by atoms with E-state index in [2.05, 4.69) is 16.4 Å². The van der Waals surface area contributed by atoms with Gasteiger partial charge in [-0.25, -0.2) is 12.7 Å². The second-order valence-corrected chi connectivity index (χ2v) is 10.5. The zero-order valence-electron chi connectivity index (χ0n) is 18.6. The number of nitrogens with zero attached hydrogens (tertiary/aromatic N) is 4. The van der Waals surface area contributed by atoms with Gasteiger partial charge in [-0.05, 0) is 42.7 Å². The quantitative estimate of drug-likeness (QED) is 0.502. The molecule has 4 rings (SSSR count). The molecule has 2 atom stereocenters. The van der Waals surface area contributed by atoms with E-state index >= 15 is 0 Å². The molecule has 0 radical (unpaired) electrons. The lowest BCUT2D eigenvalue weighted by Crippen LogP contribution is -2.24. The second-order valence-electron chi connectivity index (χ2n) is 8.39. The molecule has 3 aromatic rings. The number of anilines is 2. The fraction of sp³-hybridized carbons (Fsp3) is 0.409. The summed E-state index contributed by atoms with van der Waals surface area (Å²) in [5, 5.41) is 17.9. The van der Waals surface area contributed by atoms with Gasteiger partial charge in [0.1, 0.15) is 5.39 Å². The van der Waals surface area contributed by atoms with E-state index in [-0.39, 0.29) is 29.0 Å². The van der Waals surface area contributed by atoms with E-state index in [4.69, 9.17) is 10.8 Å². The largest absolute Gasteiger partial charge is 0.338 e. The first kappa shape index (κ1) is 23.0. The van der Waals surface area contributed by atoms with Crippen LogP contribution in [0.2, 0.25) is 0 Å². The van der Waals surface area contributed by atoms with Gasteiger partial charge >= 0.3 is 0 Å². The molecule has 1 aromatic carbocycles. The van der Waals surface area contributed by atoms with Crippen LogP contribution in [0.15, 0.2) is 40.2 Å². The fourth-order valence-electron chi connectivity index (χ4n) is 4.40. The van der Waals surface area contributed by atoms with E-state index in [0.29, 0.717) is 28.0 Å². The van der Waals surface area contributed by atoms with Crippen LogP contribution in [0, 0.1) is 17.2 Å². The highest BCUT2D eigenvalue weighted by Gasteiger charge is 2.30. The number of nitrogens with two attached hydrogens (primary N) is 1. The maximum Gasteiger partial charge on any atom is 0.261 e. The van der Waals surface area contributed by atoms with Crippen molar-refractivity contribution in [2.75, 3.05) is 19.4 Å². The minimum Gasteiger partial charge on any atom is -0.338 e. The van der Waals surface area contributed by atoms with Gasteiger partial charge in [0.05, 0.1) is 28.4 Å². The Balaban J connectivity index is 1.79. The number of aromatic amines is 1. The van der Waals surface area contributed by atoms with Crippen molar-refractivity contribution in [3.8, 4) is 6.07 Å². The SMILES string of the molecule is CN(C)S(=O)(=O)c1ccc(Nc2nn(C3CCCCC3C#N)c3cc[nH]c(=O)c23)cc1CN. The number of nitriles is 1. The zero-order chi connectivity index (χ0) is 23.8. The Labute approximate surface area is 192 Å². The molecular weight excluding hydrogens is 442 g/mol. The number of hydrogen-bond acceptors (Lipinski definition) is 7. The van der Waals surface area contributed by atoms with Crippen LogP contribution in [0.25, 0.3) is 10.9 Å². The Morgan fingerprint density at radius 1 is 1.30 bits per heavy atom. The molecule has 2 aromatic heterocycles. The van der Waals surface area contributed by atoms with Crippen molar-refractivity contribution < 1.29 is 8.42 Å². The van der Waals surface area contributed by atoms with Gasteiger partial charge in [-0.3, -0.25) is 9.48 Å². The number of nitrogens with one attached hydrogen (secondary N) is 2. The van der Waals surface area contributed by atoms with Crippen LogP contribution < -0.4 is 16.6 Å². The highest BCUT2D eigenvalue weighted by Crippen LogP contribution is 2.36. The van der Waals surface area contributed by atoms with Crippen LogP contribution in [0.3, 0.4) is 0 Å². The normalized spacial score (nSPS) is 19.0. The molecule has 2 unspecified atom stereocenters. The molecule has 10 nitrogen and oxygen atoms in total. The van der Waals surface area contributed by atoms with Crippen LogP contribution in [0.1, 0.15) is 37.3 Å². The average Bonchev–Trinajstić information content (AvgIpc) is 3.18. The second kappa shape index (κ2) is 8.97. The number of rotatable bonds is 6. The van der Waals surface area contributed by atoms with Crippen molar-refractivity contribution >= 4 is 32.4 Å². The minimum atomic E-state index is -3.65. The third kappa shape index (κ3) is 4.13. The molecule has 4 N–H and O–H groups in total. The highest BCUT2D eigenvalue weighted by molar-refractivity contribution is 7.89. The van der Waals surface area contributed by atoms with Crippen molar-refractivity contribution in [2.45, 2.75) is 43.2 Å². The van der Waals surface area contributed by atoms with Crippen molar-refractivity contribution in [1.82, 2.24) is 19.1 Å². The Kier molecular flexibility index (Phi) is 6.25. The highest BCUT2D eigenvalue weighted by atomic mass is 32.2. The number of aromatic nitrogens is 3. The fourth-order valence-corrected chi connectivity index (χ4v) is 5.50. The van der Waals surface area contributed by atoms with Gasteiger partial charge in [-0.15, -0.1) is 0 Å². The summed E-state index contributed by atoms with van der Waals surface area (Å²) in [6.45, 7) is 0.0274. The predicted molar refractivity (Wildman–Crippen MR) is 125 cm³/mol. The van der Waals surface area contributed by atoms with E-state index in [9.17, 15) is 18.5 Å². The molecule has 11 heteroatoms. The predicted octanol–water partition coefficient (Wildman–Crippen LogP) is 2.43. The van der Waals surface area contributed by atoms with E-state index < -0.39 is 10.0 Å². The summed E-state index contributed by atoms with van der Waals surface area (Å²) in [6, 6.07) is 8.83. The van der Waals surface area contributed by atoms with Gasteiger partial charge < -0.3 is 16.0 Å². The topological polar surface area (TPSA) is 150 Å². The molecule has 1 saturated carbocycles. The molecule has 0 bridgehead atoms. The Hall–Kier alpha value is -3.20. The van der Waals surface area contributed by atoms with Crippen molar-refractivity contribution in [2.24, 2.45) is 11.7 Å². The van der Waals surface area contributed by atoms with Gasteiger partial charge in [0.15, 0.2) is 5.82 Å². The Bertz CT molecular complexity index is 1390. The smallest absolute Gasteiger partial charge is 0.261 e. The van der Waals surface area contributed by atoms with Crippen LogP contribution in [0.5, 0.6) is 0 Å². The monoisotopic (exact) mass is 469 g/mol. The third-order valence-corrected chi connectivity index (χ3v) is 8.06. The number of benzene rings is 1. The lowest BCUT2D eigenvalue weighted by molar-refractivity contribution is 0.277. The molecule has 174 valence electrons. The number of H-pyrrole nitrogens is 1. The third-order valence-electron chi connectivity index (χ3n) is 6.14. The maximum atomic E-state index is 12.7. The van der Waals surface area contributed by atoms with Crippen molar-refractivity contribution in [1.29, 1.82) is 5.26 Å². The lowest BCUT2D eigenvalue weighted by atomic mass is 9.85. The lowest BCUT2D eigenvalue weighted by Gasteiger charge is -2.27. The average molecular weight is 470 g/mol. The number of pyridine rings is 1. The molecule has 1 aliphatic carbocycles. The molecule has 2 heterocycles. The molecule has 1 aliphatic rings. The molecule has 0 spiro atoms. The summed E-state index contributed by atoms with van der Waals surface area (Å²) in [7, 11) is -0.720. The minimum absolute atomic E-state index is 0.0274. The number of fused-ring (bicyclic) bond motifs is 1. The van der Waals surface area contributed by atoms with Gasteiger partial charge in [-0.1, -0.05) is 12.8 Å². The molecule has 1 fully saturated rings. The van der Waals surface area contributed by atoms with E-state index in [1.165, 1.54) is 20.2 Å². The first-order chi connectivity index (χ1) is 15.8. The molecule has 0 aliphatic heterocycles. The summed E-state index contributed by atoms with van der Waals surface area (Å²) in [6.07, 6.45) is 5.19. The van der Waals surface area contributed by atoms with Gasteiger partial charge in [0.2, 0.25) is 10.0 Å². The van der Waals surface area contributed by atoms with Gasteiger partial charge in [0, 0.05) is 32.5 Å². The first-order valence-electron chi connectivity index (χ1n) is 10.8. The molecular formula is C22H27N7O3S. The van der Waals surface area contributed by atoms with Gasteiger partial charge in [0.25, 0.3) is 5.56 Å².